The molecule has 2 rings (SSSR count). The van der Waals surface area contributed by atoms with Crippen LogP contribution in [0.2, 0.25) is 0 Å². The first-order chi connectivity index (χ1) is 9.15. The lowest BCUT2D eigenvalue weighted by molar-refractivity contribution is 0.0692. The van der Waals surface area contributed by atoms with E-state index in [-0.39, 0.29) is 11.3 Å². The third-order valence-electron chi connectivity index (χ3n) is 3.57. The summed E-state index contributed by atoms with van der Waals surface area (Å²) < 4.78 is 0. The Kier molecular flexibility index (Phi) is 4.20. The van der Waals surface area contributed by atoms with Crippen molar-refractivity contribution in [2.24, 2.45) is 0 Å². The van der Waals surface area contributed by atoms with Crippen molar-refractivity contribution in [3.05, 3.63) is 29.3 Å². The van der Waals surface area contributed by atoms with E-state index in [2.05, 4.69) is 4.90 Å². The summed E-state index contributed by atoms with van der Waals surface area (Å²) in [6, 6.07) is 5.20. The van der Waals surface area contributed by atoms with E-state index < -0.39 is 5.97 Å². The van der Waals surface area contributed by atoms with Gasteiger partial charge in [-0.2, -0.15) is 0 Å². The van der Waals surface area contributed by atoms with E-state index in [1.165, 1.54) is 6.42 Å². The van der Waals surface area contributed by atoms with Crippen molar-refractivity contribution in [1.29, 1.82) is 0 Å². The maximum absolute atomic E-state index is 11.9. The molecule has 1 fully saturated rings. The van der Waals surface area contributed by atoms with Crippen LogP contribution in [0.15, 0.2) is 18.2 Å². The second kappa shape index (κ2) is 5.87. The molecule has 1 aromatic rings. The molecule has 19 heavy (non-hydrogen) atoms. The minimum absolute atomic E-state index is 0.115. The summed E-state index contributed by atoms with van der Waals surface area (Å²) in [6.45, 7) is 3.48. The zero-order valence-corrected chi connectivity index (χ0v) is 11.2. The molecule has 1 N–H and O–H groups in total. The van der Waals surface area contributed by atoms with Gasteiger partial charge in [-0.1, -0.05) is 19.1 Å². The average molecular weight is 261 g/mol. The Bertz CT molecular complexity index is 490. The minimum Gasteiger partial charge on any atom is -0.478 e. The van der Waals surface area contributed by atoms with Gasteiger partial charge in [-0.25, -0.2) is 4.79 Å². The van der Waals surface area contributed by atoms with Crippen LogP contribution in [-0.4, -0.2) is 29.9 Å². The van der Waals surface area contributed by atoms with Crippen LogP contribution in [0.25, 0.3) is 0 Å². The van der Waals surface area contributed by atoms with Crippen molar-refractivity contribution in [1.82, 2.24) is 0 Å². The number of carboxylic acids is 1. The van der Waals surface area contributed by atoms with Gasteiger partial charge in [-0.15, -0.1) is 0 Å². The predicted octanol–water partition coefficient (Wildman–Crippen LogP) is 2.97. The van der Waals surface area contributed by atoms with Gasteiger partial charge < -0.3 is 10.0 Å². The van der Waals surface area contributed by atoms with Crippen LogP contribution in [-0.2, 0) is 0 Å². The van der Waals surface area contributed by atoms with Crippen molar-refractivity contribution >= 4 is 17.4 Å². The summed E-state index contributed by atoms with van der Waals surface area (Å²) in [6.07, 6.45) is 3.66. The Hall–Kier alpha value is -1.84. The number of nitrogens with zero attached hydrogens (tertiary/aromatic N) is 1. The van der Waals surface area contributed by atoms with Crippen LogP contribution in [0.5, 0.6) is 0 Å². The van der Waals surface area contributed by atoms with Crippen LogP contribution in [0, 0.1) is 0 Å². The molecule has 1 aliphatic heterocycles. The molecule has 0 amide bonds. The molecular formula is C15H19NO3. The summed E-state index contributed by atoms with van der Waals surface area (Å²) in [5.74, 6) is -1.13. The van der Waals surface area contributed by atoms with E-state index >= 15 is 0 Å². The second-order valence-corrected chi connectivity index (χ2v) is 4.83. The molecule has 1 aromatic carbocycles. The summed E-state index contributed by atoms with van der Waals surface area (Å²) in [5.41, 5.74) is 1.18. The fourth-order valence-electron chi connectivity index (χ4n) is 2.59. The minimum atomic E-state index is -1.02. The molecule has 4 heteroatoms. The molecule has 0 aromatic heterocycles. The van der Waals surface area contributed by atoms with E-state index in [0.29, 0.717) is 17.7 Å². The molecule has 0 unspecified atom stereocenters. The molecule has 0 atom stereocenters. The van der Waals surface area contributed by atoms with Crippen LogP contribution in [0.3, 0.4) is 0 Å². The SMILES string of the molecule is CCC(=O)c1cccc(N2CCCCC2)c1C(=O)O. The quantitative estimate of drug-likeness (QED) is 0.846. The number of benzene rings is 1. The maximum Gasteiger partial charge on any atom is 0.338 e. The predicted molar refractivity (Wildman–Crippen MR) is 74.1 cm³/mol. The van der Waals surface area contributed by atoms with Gasteiger partial charge in [0.25, 0.3) is 0 Å². The number of rotatable bonds is 4. The molecule has 1 heterocycles. The third-order valence-corrected chi connectivity index (χ3v) is 3.57. The lowest BCUT2D eigenvalue weighted by atomic mass is 9.98. The monoisotopic (exact) mass is 261 g/mol. The summed E-state index contributed by atoms with van der Waals surface area (Å²) in [7, 11) is 0. The van der Waals surface area contributed by atoms with Crippen molar-refractivity contribution in [3.63, 3.8) is 0 Å². The molecule has 1 saturated heterocycles. The first-order valence-electron chi connectivity index (χ1n) is 6.79. The number of carbonyl (C=O) groups excluding carboxylic acids is 1. The number of hydrogen-bond donors (Lipinski definition) is 1. The highest BCUT2D eigenvalue weighted by atomic mass is 16.4. The number of carbonyl (C=O) groups is 2. The average Bonchev–Trinajstić information content (AvgIpc) is 2.46. The van der Waals surface area contributed by atoms with Gasteiger partial charge in [-0.05, 0) is 25.3 Å². The topological polar surface area (TPSA) is 57.6 Å². The Balaban J connectivity index is 2.47. The van der Waals surface area contributed by atoms with Gasteiger partial charge >= 0.3 is 5.97 Å². The third kappa shape index (κ3) is 2.78. The van der Waals surface area contributed by atoms with E-state index in [9.17, 15) is 14.7 Å². The normalized spacial score (nSPS) is 15.3. The number of carboxylic acid groups (broad SMARTS) is 1. The highest BCUT2D eigenvalue weighted by molar-refractivity contribution is 6.09. The summed E-state index contributed by atoms with van der Waals surface area (Å²) in [5, 5.41) is 9.44. The molecular weight excluding hydrogens is 242 g/mol. The summed E-state index contributed by atoms with van der Waals surface area (Å²) in [4.78, 5) is 25.5. The second-order valence-electron chi connectivity index (χ2n) is 4.83. The van der Waals surface area contributed by atoms with Crippen molar-refractivity contribution in [2.45, 2.75) is 32.6 Å². The standard InChI is InChI=1S/C15H19NO3/c1-2-13(17)11-7-6-8-12(14(11)15(18)19)16-9-4-3-5-10-16/h6-8H,2-5,9-10H2,1H3,(H,18,19). The molecule has 0 radical (unpaired) electrons. The molecule has 1 aliphatic rings. The Morgan fingerprint density at radius 2 is 1.89 bits per heavy atom. The van der Waals surface area contributed by atoms with Gasteiger partial charge in [0.15, 0.2) is 5.78 Å². The van der Waals surface area contributed by atoms with Gasteiger partial charge in [0.2, 0.25) is 0 Å². The van der Waals surface area contributed by atoms with Gasteiger partial charge in [0, 0.05) is 25.1 Å². The molecule has 0 bridgehead atoms. The highest BCUT2D eigenvalue weighted by Crippen LogP contribution is 2.27. The van der Waals surface area contributed by atoms with E-state index in [4.69, 9.17) is 0 Å². The number of aromatic carboxylic acids is 1. The largest absolute Gasteiger partial charge is 0.478 e. The van der Waals surface area contributed by atoms with E-state index in [0.717, 1.165) is 25.9 Å². The molecule has 0 saturated carbocycles. The Labute approximate surface area is 113 Å². The van der Waals surface area contributed by atoms with Crippen LogP contribution < -0.4 is 4.90 Å². The highest BCUT2D eigenvalue weighted by Gasteiger charge is 2.23. The maximum atomic E-state index is 11.9. The zero-order valence-electron chi connectivity index (χ0n) is 11.2. The number of ketones is 1. The van der Waals surface area contributed by atoms with Crippen LogP contribution in [0.4, 0.5) is 5.69 Å². The van der Waals surface area contributed by atoms with Crippen molar-refractivity contribution in [2.75, 3.05) is 18.0 Å². The van der Waals surface area contributed by atoms with Gasteiger partial charge in [-0.3, -0.25) is 4.79 Å². The molecule has 4 nitrogen and oxygen atoms in total. The molecule has 0 spiro atoms. The Morgan fingerprint density at radius 3 is 2.47 bits per heavy atom. The number of Topliss-reactive ketones (excluding diaryl/α,β-unsaturated/α-hetero) is 1. The summed E-state index contributed by atoms with van der Waals surface area (Å²) >= 11 is 0. The first kappa shape index (κ1) is 13.6. The number of hydrogen-bond acceptors (Lipinski definition) is 3. The van der Waals surface area contributed by atoms with Crippen molar-refractivity contribution < 1.29 is 14.7 Å². The van der Waals surface area contributed by atoms with Gasteiger partial charge in [0.05, 0.1) is 11.3 Å². The fourth-order valence-corrected chi connectivity index (χ4v) is 2.59. The van der Waals surface area contributed by atoms with Crippen molar-refractivity contribution in [3.8, 4) is 0 Å². The Morgan fingerprint density at radius 1 is 1.21 bits per heavy atom. The van der Waals surface area contributed by atoms with Crippen LogP contribution >= 0.6 is 0 Å². The lowest BCUT2D eigenvalue weighted by Gasteiger charge is -2.30. The molecule has 102 valence electrons. The number of anilines is 1. The lowest BCUT2D eigenvalue weighted by Crippen LogP contribution is -2.31. The van der Waals surface area contributed by atoms with E-state index in [1.807, 2.05) is 0 Å². The molecule has 0 aliphatic carbocycles. The van der Waals surface area contributed by atoms with Gasteiger partial charge in [0.1, 0.15) is 0 Å². The smallest absolute Gasteiger partial charge is 0.338 e. The fraction of sp³-hybridized carbons (Fsp3) is 0.467. The first-order valence-corrected chi connectivity index (χ1v) is 6.79. The number of piperidine rings is 1. The zero-order chi connectivity index (χ0) is 13.8. The van der Waals surface area contributed by atoms with Crippen LogP contribution in [0.1, 0.15) is 53.3 Å². The van der Waals surface area contributed by atoms with E-state index in [1.54, 1.807) is 25.1 Å².